The predicted molar refractivity (Wildman–Crippen MR) is 55.9 cm³/mol. The molecule has 1 rings (SSSR count). The highest BCUT2D eigenvalue weighted by Crippen LogP contribution is 2.09. The van der Waals surface area contributed by atoms with E-state index in [1.807, 2.05) is 0 Å². The molecule has 17 heavy (non-hydrogen) atoms. The van der Waals surface area contributed by atoms with Gasteiger partial charge in [0.25, 0.3) is 0 Å². The van der Waals surface area contributed by atoms with E-state index < -0.39 is 24.4 Å². The van der Waals surface area contributed by atoms with E-state index in [1.54, 1.807) is 0 Å². The van der Waals surface area contributed by atoms with E-state index in [1.165, 1.54) is 19.4 Å². The molecule has 1 atom stereocenters. The van der Waals surface area contributed by atoms with E-state index in [4.69, 9.17) is 14.9 Å². The van der Waals surface area contributed by atoms with Crippen molar-refractivity contribution in [2.24, 2.45) is 0 Å². The number of hydrogen-bond acceptors (Lipinski definition) is 6. The maximum absolute atomic E-state index is 10.8. The average molecular weight is 241 g/mol. The summed E-state index contributed by atoms with van der Waals surface area (Å²) in [6.45, 7) is 0. The number of methoxy groups -OCH3 is 1. The number of carboxylic acid groups (broad SMARTS) is 2. The standard InChI is InChI=1S/C9H11N3O5/c1-17-6-2-3-10-9(12-6)11-5(8(15)16)4-7(13)14/h2-3,5H,4H2,1H3,(H,13,14)(H,15,16)(H,10,11,12). The molecular formula is C9H11N3O5. The number of ether oxygens (including phenoxy) is 1. The molecule has 0 spiro atoms. The van der Waals surface area contributed by atoms with Crippen LogP contribution in [0.5, 0.6) is 5.88 Å². The van der Waals surface area contributed by atoms with Gasteiger partial charge in [-0.1, -0.05) is 0 Å². The summed E-state index contributed by atoms with van der Waals surface area (Å²) in [5, 5.41) is 19.7. The smallest absolute Gasteiger partial charge is 0.326 e. The number of aliphatic carboxylic acids is 2. The van der Waals surface area contributed by atoms with E-state index in [2.05, 4.69) is 15.3 Å². The number of aromatic nitrogens is 2. The van der Waals surface area contributed by atoms with Crippen LogP contribution in [-0.2, 0) is 9.59 Å². The molecule has 0 amide bonds. The number of carbonyl (C=O) groups is 2. The Bertz CT molecular complexity index is 423. The van der Waals surface area contributed by atoms with Crippen molar-refractivity contribution >= 4 is 17.9 Å². The van der Waals surface area contributed by atoms with Crippen LogP contribution in [0, 0.1) is 0 Å². The SMILES string of the molecule is COc1ccnc(NC(CC(=O)O)C(=O)O)n1. The molecule has 8 heteroatoms. The van der Waals surface area contributed by atoms with Gasteiger partial charge in [-0.2, -0.15) is 4.98 Å². The van der Waals surface area contributed by atoms with Gasteiger partial charge in [-0.15, -0.1) is 0 Å². The Kier molecular flexibility index (Phi) is 4.21. The highest BCUT2D eigenvalue weighted by Gasteiger charge is 2.21. The molecule has 0 aliphatic carbocycles. The van der Waals surface area contributed by atoms with Gasteiger partial charge in [0, 0.05) is 12.3 Å². The fourth-order valence-corrected chi connectivity index (χ4v) is 1.06. The van der Waals surface area contributed by atoms with Gasteiger partial charge >= 0.3 is 11.9 Å². The topological polar surface area (TPSA) is 122 Å². The van der Waals surface area contributed by atoms with Crippen molar-refractivity contribution in [1.82, 2.24) is 9.97 Å². The lowest BCUT2D eigenvalue weighted by atomic mass is 10.2. The van der Waals surface area contributed by atoms with Crippen LogP contribution in [0.1, 0.15) is 6.42 Å². The van der Waals surface area contributed by atoms with Crippen LogP contribution >= 0.6 is 0 Å². The van der Waals surface area contributed by atoms with Crippen LogP contribution in [0.2, 0.25) is 0 Å². The van der Waals surface area contributed by atoms with Crippen molar-refractivity contribution in [3.8, 4) is 5.88 Å². The van der Waals surface area contributed by atoms with Gasteiger partial charge in [0.1, 0.15) is 6.04 Å². The number of hydrogen-bond donors (Lipinski definition) is 3. The Hall–Kier alpha value is -2.38. The zero-order valence-corrected chi connectivity index (χ0v) is 8.95. The Labute approximate surface area is 96.3 Å². The molecule has 1 aromatic rings. The Morgan fingerprint density at radius 3 is 2.76 bits per heavy atom. The third-order valence-corrected chi connectivity index (χ3v) is 1.82. The van der Waals surface area contributed by atoms with Gasteiger partial charge in [-0.3, -0.25) is 4.79 Å². The fourth-order valence-electron chi connectivity index (χ4n) is 1.06. The first kappa shape index (κ1) is 12.7. The Balaban J connectivity index is 2.78. The van der Waals surface area contributed by atoms with Crippen molar-refractivity contribution in [3.63, 3.8) is 0 Å². The zero-order chi connectivity index (χ0) is 12.8. The van der Waals surface area contributed by atoms with Gasteiger partial charge in [0.15, 0.2) is 0 Å². The minimum atomic E-state index is -1.29. The Morgan fingerprint density at radius 2 is 2.24 bits per heavy atom. The summed E-state index contributed by atoms with van der Waals surface area (Å²) < 4.78 is 4.82. The quantitative estimate of drug-likeness (QED) is 0.627. The molecule has 0 aliphatic heterocycles. The van der Waals surface area contributed by atoms with Crippen molar-refractivity contribution in [2.45, 2.75) is 12.5 Å². The largest absolute Gasteiger partial charge is 0.481 e. The van der Waals surface area contributed by atoms with Gasteiger partial charge < -0.3 is 20.3 Å². The lowest BCUT2D eigenvalue weighted by Gasteiger charge is -2.12. The minimum Gasteiger partial charge on any atom is -0.481 e. The van der Waals surface area contributed by atoms with Gasteiger partial charge in [-0.25, -0.2) is 9.78 Å². The number of rotatable bonds is 6. The second-order valence-corrected chi connectivity index (χ2v) is 3.06. The zero-order valence-electron chi connectivity index (χ0n) is 8.95. The van der Waals surface area contributed by atoms with Crippen LogP contribution in [0.3, 0.4) is 0 Å². The van der Waals surface area contributed by atoms with Gasteiger partial charge in [-0.05, 0) is 0 Å². The lowest BCUT2D eigenvalue weighted by Crippen LogP contribution is -2.32. The number of carboxylic acids is 2. The van der Waals surface area contributed by atoms with Crippen molar-refractivity contribution in [2.75, 3.05) is 12.4 Å². The Morgan fingerprint density at radius 1 is 1.53 bits per heavy atom. The third-order valence-electron chi connectivity index (χ3n) is 1.82. The molecule has 0 bridgehead atoms. The van der Waals surface area contributed by atoms with E-state index >= 15 is 0 Å². The minimum absolute atomic E-state index is 0.00185. The van der Waals surface area contributed by atoms with Gasteiger partial charge in [0.2, 0.25) is 11.8 Å². The number of nitrogens with one attached hydrogen (secondary N) is 1. The second-order valence-electron chi connectivity index (χ2n) is 3.06. The molecule has 92 valence electrons. The van der Waals surface area contributed by atoms with Crippen LogP contribution in [0.4, 0.5) is 5.95 Å². The highest BCUT2D eigenvalue weighted by molar-refractivity contribution is 5.82. The molecule has 0 saturated carbocycles. The van der Waals surface area contributed by atoms with Gasteiger partial charge in [0.05, 0.1) is 13.5 Å². The molecule has 0 saturated heterocycles. The molecule has 8 nitrogen and oxygen atoms in total. The maximum atomic E-state index is 10.8. The van der Waals surface area contributed by atoms with E-state index in [9.17, 15) is 9.59 Å². The first-order chi connectivity index (χ1) is 8.02. The first-order valence-corrected chi connectivity index (χ1v) is 4.61. The van der Waals surface area contributed by atoms with Crippen LogP contribution < -0.4 is 10.1 Å². The second kappa shape index (κ2) is 5.64. The normalized spacial score (nSPS) is 11.6. The molecular weight excluding hydrogens is 230 g/mol. The lowest BCUT2D eigenvalue weighted by molar-refractivity contribution is -0.144. The summed E-state index contributed by atoms with van der Waals surface area (Å²) in [7, 11) is 1.40. The average Bonchev–Trinajstić information content (AvgIpc) is 2.27. The summed E-state index contributed by atoms with van der Waals surface area (Å²) in [6.07, 6.45) is 0.795. The first-order valence-electron chi connectivity index (χ1n) is 4.61. The third kappa shape index (κ3) is 3.93. The van der Waals surface area contributed by atoms with Crippen LogP contribution in [-0.4, -0.2) is 45.3 Å². The monoisotopic (exact) mass is 241 g/mol. The molecule has 1 aromatic heterocycles. The molecule has 0 fully saturated rings. The summed E-state index contributed by atoms with van der Waals surface area (Å²) in [4.78, 5) is 28.8. The van der Waals surface area contributed by atoms with E-state index in [0.717, 1.165) is 0 Å². The van der Waals surface area contributed by atoms with Crippen LogP contribution in [0.25, 0.3) is 0 Å². The van der Waals surface area contributed by atoms with Crippen molar-refractivity contribution < 1.29 is 24.5 Å². The van der Waals surface area contributed by atoms with Crippen LogP contribution in [0.15, 0.2) is 12.3 Å². The summed E-state index contributed by atoms with van der Waals surface area (Å²) in [5.41, 5.74) is 0. The molecule has 0 radical (unpaired) electrons. The fraction of sp³-hybridized carbons (Fsp3) is 0.333. The molecule has 0 aliphatic rings. The summed E-state index contributed by atoms with van der Waals surface area (Å²) in [5.74, 6) is -2.27. The molecule has 1 heterocycles. The summed E-state index contributed by atoms with van der Waals surface area (Å²) >= 11 is 0. The maximum Gasteiger partial charge on any atom is 0.326 e. The predicted octanol–water partition coefficient (Wildman–Crippen LogP) is -0.175. The molecule has 0 aromatic carbocycles. The number of anilines is 1. The molecule has 1 unspecified atom stereocenters. The summed E-state index contributed by atoms with van der Waals surface area (Å²) in [6, 6.07) is 0.192. The van der Waals surface area contributed by atoms with E-state index in [0.29, 0.717) is 0 Å². The van der Waals surface area contributed by atoms with Crippen molar-refractivity contribution in [3.05, 3.63) is 12.3 Å². The van der Waals surface area contributed by atoms with E-state index in [-0.39, 0.29) is 11.8 Å². The highest BCUT2D eigenvalue weighted by atomic mass is 16.5. The van der Waals surface area contributed by atoms with Crippen molar-refractivity contribution in [1.29, 1.82) is 0 Å². The number of nitrogens with zero attached hydrogens (tertiary/aromatic N) is 2. The molecule has 3 N–H and O–H groups in total.